The Bertz CT molecular complexity index is 159. The van der Waals surface area contributed by atoms with Gasteiger partial charge in [-0.25, -0.2) is 19.2 Å². The van der Waals surface area contributed by atoms with Crippen LogP contribution in [0.3, 0.4) is 0 Å². The smallest absolute Gasteiger partial charge is 0.450 e. The molecule has 0 bridgehead atoms. The fourth-order valence-electron chi connectivity index (χ4n) is 0. The summed E-state index contributed by atoms with van der Waals surface area (Å²) in [6.45, 7) is 0. The molecular formula is C4H8NiO12. The molecule has 0 fully saturated rings. The first-order chi connectivity index (χ1) is 6.93. The third kappa shape index (κ3) is 309. The van der Waals surface area contributed by atoms with Crippen molar-refractivity contribution < 1.29 is 76.5 Å². The fourth-order valence-corrected chi connectivity index (χ4v) is 0. The summed E-state index contributed by atoms with van der Waals surface area (Å²) in [4.78, 5) is 34.2. The molecule has 0 atom stereocenters. The molecule has 106 valence electrons. The second kappa shape index (κ2) is 23.4. The molecular weight excluding hydrogens is 299 g/mol. The van der Waals surface area contributed by atoms with Crippen LogP contribution in [0.4, 0.5) is 19.2 Å². The van der Waals surface area contributed by atoms with Crippen LogP contribution in [-0.4, -0.2) is 65.5 Å². The third-order valence-corrected chi connectivity index (χ3v) is 0. The largest absolute Gasteiger partial charge is 0.503 e. The first-order valence-corrected chi connectivity index (χ1v) is 2.61. The van der Waals surface area contributed by atoms with Crippen LogP contribution in [0, 0.1) is 0 Å². The van der Waals surface area contributed by atoms with E-state index in [2.05, 4.69) is 0 Å². The van der Waals surface area contributed by atoms with Gasteiger partial charge in [-0.3, -0.25) is 0 Å². The van der Waals surface area contributed by atoms with Crippen molar-refractivity contribution >= 4 is 24.6 Å². The van der Waals surface area contributed by atoms with Gasteiger partial charge in [-0.15, -0.1) is 0 Å². The normalized spacial score (nSPS) is 5.65. The van der Waals surface area contributed by atoms with Crippen LogP contribution in [-0.2, 0) is 16.5 Å². The average molecular weight is 307 g/mol. The molecule has 0 rings (SSSR count). The van der Waals surface area contributed by atoms with Crippen molar-refractivity contribution in [3.8, 4) is 0 Å². The third-order valence-electron chi connectivity index (χ3n) is 0. The van der Waals surface area contributed by atoms with E-state index in [1.807, 2.05) is 0 Å². The summed E-state index contributed by atoms with van der Waals surface area (Å²) in [7, 11) is 0. The summed E-state index contributed by atoms with van der Waals surface area (Å²) in [5.74, 6) is 0. The van der Waals surface area contributed by atoms with Crippen LogP contribution in [0.5, 0.6) is 0 Å². The van der Waals surface area contributed by atoms with Crippen LogP contribution in [0.15, 0.2) is 0 Å². The molecule has 0 amide bonds. The van der Waals surface area contributed by atoms with E-state index in [-0.39, 0.29) is 16.5 Å². The molecule has 0 unspecified atom stereocenters. The van der Waals surface area contributed by atoms with Gasteiger partial charge in [-0.05, 0) is 0 Å². The van der Waals surface area contributed by atoms with Crippen molar-refractivity contribution in [2.24, 2.45) is 0 Å². The molecule has 13 heteroatoms. The molecule has 17 heavy (non-hydrogen) atoms. The Morgan fingerprint density at radius 3 is 0.412 bits per heavy atom. The molecule has 0 radical (unpaired) electrons. The van der Waals surface area contributed by atoms with Gasteiger partial charge in [0, 0.05) is 16.5 Å². The predicted octanol–water partition coefficient (Wildman–Crippen LogP) is 0.887. The zero-order chi connectivity index (χ0) is 14.3. The first kappa shape index (κ1) is 29.3. The van der Waals surface area contributed by atoms with Crippen LogP contribution < -0.4 is 0 Å². The van der Waals surface area contributed by atoms with Gasteiger partial charge < -0.3 is 40.9 Å². The Hall–Kier alpha value is -2.43. The number of hydrogen-bond acceptors (Lipinski definition) is 4. The van der Waals surface area contributed by atoms with E-state index in [0.717, 1.165) is 0 Å². The van der Waals surface area contributed by atoms with Gasteiger partial charge in [-0.1, -0.05) is 0 Å². The van der Waals surface area contributed by atoms with Crippen LogP contribution >= 0.6 is 0 Å². The maximum atomic E-state index is 8.56. The van der Waals surface area contributed by atoms with E-state index in [1.54, 1.807) is 0 Å². The van der Waals surface area contributed by atoms with Crippen molar-refractivity contribution in [2.45, 2.75) is 0 Å². The quantitative estimate of drug-likeness (QED) is 0.291. The second-order valence-electron chi connectivity index (χ2n) is 1.13. The van der Waals surface area contributed by atoms with Crippen molar-refractivity contribution in [3.63, 3.8) is 0 Å². The summed E-state index contributed by atoms with van der Waals surface area (Å²) in [6.07, 6.45) is -7.33. The second-order valence-corrected chi connectivity index (χ2v) is 1.13. The van der Waals surface area contributed by atoms with Crippen LogP contribution in [0.25, 0.3) is 0 Å². The number of carboxylic acid groups (broad SMARTS) is 8. The first-order valence-electron chi connectivity index (χ1n) is 2.61. The minimum Gasteiger partial charge on any atom is -0.450 e. The Balaban J connectivity index is -0.0000000369. The summed E-state index contributed by atoms with van der Waals surface area (Å²) < 4.78 is 0. The van der Waals surface area contributed by atoms with Gasteiger partial charge in [0.1, 0.15) is 0 Å². The maximum Gasteiger partial charge on any atom is 0.503 e. The maximum absolute atomic E-state index is 8.56. The summed E-state index contributed by atoms with van der Waals surface area (Å²) in [5.41, 5.74) is 0. The van der Waals surface area contributed by atoms with Gasteiger partial charge in [0.15, 0.2) is 0 Å². The molecule has 0 aliphatic carbocycles. The predicted molar refractivity (Wildman–Crippen MR) is 42.6 cm³/mol. The minimum atomic E-state index is -1.83. The SMILES string of the molecule is O=C(O)O.O=C(O)O.O=C(O)O.O=C(O)O.[Ni]. The van der Waals surface area contributed by atoms with Crippen LogP contribution in [0.2, 0.25) is 0 Å². The van der Waals surface area contributed by atoms with Gasteiger partial charge in [0.2, 0.25) is 0 Å². The monoisotopic (exact) mass is 306 g/mol. The number of carbonyl (C=O) groups is 4. The van der Waals surface area contributed by atoms with Gasteiger partial charge in [0.05, 0.1) is 0 Å². The van der Waals surface area contributed by atoms with Gasteiger partial charge in [-0.2, -0.15) is 0 Å². The molecule has 8 N–H and O–H groups in total. The molecule has 0 aliphatic heterocycles. The Morgan fingerprint density at radius 2 is 0.412 bits per heavy atom. The van der Waals surface area contributed by atoms with Crippen LogP contribution in [0.1, 0.15) is 0 Å². The topological polar surface area (TPSA) is 230 Å². The Kier molecular flexibility index (Phi) is 40.3. The minimum absolute atomic E-state index is 0. The van der Waals surface area contributed by atoms with E-state index in [1.165, 1.54) is 0 Å². The summed E-state index contributed by atoms with van der Waals surface area (Å²) >= 11 is 0. The zero-order valence-corrected chi connectivity index (χ0v) is 8.51. The molecule has 0 spiro atoms. The van der Waals surface area contributed by atoms with E-state index in [4.69, 9.17) is 60.0 Å². The number of rotatable bonds is 0. The fraction of sp³-hybridized carbons (Fsp3) is 0. The van der Waals surface area contributed by atoms with Gasteiger partial charge in [0.25, 0.3) is 0 Å². The molecule has 0 saturated heterocycles. The molecule has 0 saturated carbocycles. The van der Waals surface area contributed by atoms with Crippen molar-refractivity contribution in [3.05, 3.63) is 0 Å². The van der Waals surface area contributed by atoms with Gasteiger partial charge >= 0.3 is 24.6 Å². The summed E-state index contributed by atoms with van der Waals surface area (Å²) in [6, 6.07) is 0. The zero-order valence-electron chi connectivity index (χ0n) is 7.53. The molecule has 0 aromatic heterocycles. The van der Waals surface area contributed by atoms with E-state index >= 15 is 0 Å². The molecule has 0 aromatic carbocycles. The van der Waals surface area contributed by atoms with E-state index in [0.29, 0.717) is 0 Å². The Labute approximate surface area is 102 Å². The molecule has 12 nitrogen and oxygen atoms in total. The van der Waals surface area contributed by atoms with Crippen molar-refractivity contribution in [1.29, 1.82) is 0 Å². The van der Waals surface area contributed by atoms with E-state index < -0.39 is 24.6 Å². The Morgan fingerprint density at radius 1 is 0.412 bits per heavy atom. The standard InChI is InChI=1S/4CH2O3.Ni/c4*2-1(3)4;/h4*(H2,2,3,4);. The molecule has 0 aromatic rings. The van der Waals surface area contributed by atoms with E-state index in [9.17, 15) is 0 Å². The van der Waals surface area contributed by atoms with Crippen molar-refractivity contribution in [2.75, 3.05) is 0 Å². The summed E-state index contributed by atoms with van der Waals surface area (Å²) in [5, 5.41) is 55.8. The molecule has 0 heterocycles. The molecule has 0 aliphatic rings. The average Bonchev–Trinajstić information content (AvgIpc) is 1.76. The number of hydrogen-bond donors (Lipinski definition) is 8. The van der Waals surface area contributed by atoms with Crippen molar-refractivity contribution in [1.82, 2.24) is 0 Å².